The summed E-state index contributed by atoms with van der Waals surface area (Å²) in [5, 5.41) is 11.5. The van der Waals surface area contributed by atoms with Crippen LogP contribution in [0.25, 0.3) is 0 Å². The number of rotatable bonds is 9. The number of fused-ring (bicyclic) bond motifs is 1. The minimum absolute atomic E-state index is 0.0132. The van der Waals surface area contributed by atoms with Gasteiger partial charge >= 0.3 is 21.5 Å². The van der Waals surface area contributed by atoms with Crippen LogP contribution in [0.15, 0.2) is 36.4 Å². The normalized spacial score (nSPS) is 17.7. The maximum Gasteiger partial charge on any atom is 0.516 e. The molecule has 0 aromatic heterocycles. The zero-order valence-corrected chi connectivity index (χ0v) is 17.0. The van der Waals surface area contributed by atoms with Crippen molar-refractivity contribution in [3.63, 3.8) is 0 Å². The van der Waals surface area contributed by atoms with Crippen molar-refractivity contribution < 1.29 is 36.3 Å². The van der Waals surface area contributed by atoms with Crippen molar-refractivity contribution in [2.24, 2.45) is 5.92 Å². The second-order valence-electron chi connectivity index (χ2n) is 6.96. The van der Waals surface area contributed by atoms with E-state index in [1.54, 1.807) is 31.2 Å². The fraction of sp³-hybridized carbons (Fsp3) is 0.474. The number of nitrogens with zero attached hydrogens (tertiary/aromatic N) is 1. The molecular formula is C19H23F3N2O5S. The number of para-hydroxylation sites is 1. The standard InChI is InChI=1S/C19H23F3N2O5S/c1-2-5-13(11-18(26)27)10-17(25)23-9-8-14-12-24(30(28,29)19(20,21)22)16-7-4-3-6-15(14)16/h2-7,13-14H,8-12H2,1H3,(H,23,25)(H,26,27)/b5-2-. The van der Waals surface area contributed by atoms with E-state index in [4.69, 9.17) is 5.11 Å². The molecule has 2 atom stereocenters. The molecule has 0 radical (unpaired) electrons. The Labute approximate surface area is 172 Å². The first-order chi connectivity index (χ1) is 14.0. The van der Waals surface area contributed by atoms with E-state index in [0.29, 0.717) is 9.87 Å². The second kappa shape index (κ2) is 9.50. The highest BCUT2D eigenvalue weighted by Gasteiger charge is 2.52. The van der Waals surface area contributed by atoms with Crippen LogP contribution in [0, 0.1) is 5.92 Å². The molecule has 1 heterocycles. The summed E-state index contributed by atoms with van der Waals surface area (Å²) in [6.45, 7) is 1.47. The molecule has 1 amide bonds. The van der Waals surface area contributed by atoms with Crippen molar-refractivity contribution in [2.45, 2.75) is 37.6 Å². The highest BCUT2D eigenvalue weighted by molar-refractivity contribution is 7.93. The fourth-order valence-corrected chi connectivity index (χ4v) is 4.51. The monoisotopic (exact) mass is 448 g/mol. The lowest BCUT2D eigenvalue weighted by atomic mass is 9.97. The highest BCUT2D eigenvalue weighted by Crippen LogP contribution is 2.42. The Morgan fingerprint density at radius 3 is 2.57 bits per heavy atom. The number of carbonyl (C=O) groups excluding carboxylic acids is 1. The average Bonchev–Trinajstić information content (AvgIpc) is 3.00. The van der Waals surface area contributed by atoms with Gasteiger partial charge in [-0.25, -0.2) is 0 Å². The van der Waals surface area contributed by atoms with Gasteiger partial charge in [-0.2, -0.15) is 21.6 Å². The first-order valence-electron chi connectivity index (χ1n) is 9.26. The van der Waals surface area contributed by atoms with E-state index in [1.807, 2.05) is 0 Å². The van der Waals surface area contributed by atoms with Crippen LogP contribution in [0.1, 0.15) is 37.7 Å². The van der Waals surface area contributed by atoms with Crippen LogP contribution >= 0.6 is 0 Å². The Kier molecular flexibility index (Phi) is 7.51. The summed E-state index contributed by atoms with van der Waals surface area (Å²) in [6, 6.07) is 5.97. The number of anilines is 1. The third-order valence-corrected chi connectivity index (χ3v) is 6.29. The molecule has 1 aliphatic heterocycles. The number of benzene rings is 1. The molecule has 2 unspecified atom stereocenters. The number of carboxylic acids is 1. The van der Waals surface area contributed by atoms with Crippen LogP contribution < -0.4 is 9.62 Å². The van der Waals surface area contributed by atoms with Crippen LogP contribution in [-0.4, -0.2) is 44.0 Å². The number of aliphatic carboxylic acids is 1. The molecule has 2 rings (SSSR count). The molecule has 1 aromatic carbocycles. The van der Waals surface area contributed by atoms with Gasteiger partial charge in [0, 0.05) is 25.4 Å². The summed E-state index contributed by atoms with van der Waals surface area (Å²) >= 11 is 0. The van der Waals surface area contributed by atoms with Crippen molar-refractivity contribution in [3.8, 4) is 0 Å². The van der Waals surface area contributed by atoms with Gasteiger partial charge < -0.3 is 10.4 Å². The summed E-state index contributed by atoms with van der Waals surface area (Å²) in [5.74, 6) is -2.39. The zero-order chi connectivity index (χ0) is 22.5. The lowest BCUT2D eigenvalue weighted by Gasteiger charge is -2.21. The number of carboxylic acid groups (broad SMARTS) is 1. The number of nitrogens with one attached hydrogen (secondary N) is 1. The number of carbonyl (C=O) groups is 2. The lowest BCUT2D eigenvalue weighted by Crippen LogP contribution is -2.40. The maximum absolute atomic E-state index is 13.0. The Morgan fingerprint density at radius 1 is 1.30 bits per heavy atom. The van der Waals surface area contributed by atoms with Crippen molar-refractivity contribution in [3.05, 3.63) is 42.0 Å². The largest absolute Gasteiger partial charge is 0.516 e. The van der Waals surface area contributed by atoms with Gasteiger partial charge in [-0.1, -0.05) is 30.4 Å². The molecule has 0 saturated heterocycles. The van der Waals surface area contributed by atoms with E-state index < -0.39 is 33.3 Å². The van der Waals surface area contributed by atoms with E-state index >= 15 is 0 Å². The van der Waals surface area contributed by atoms with Crippen molar-refractivity contribution in [1.82, 2.24) is 5.32 Å². The number of allylic oxidation sites excluding steroid dienone is 2. The third-order valence-electron chi connectivity index (χ3n) is 4.78. The van der Waals surface area contributed by atoms with Crippen LogP contribution in [0.4, 0.5) is 18.9 Å². The number of halogens is 3. The van der Waals surface area contributed by atoms with Gasteiger partial charge in [0.2, 0.25) is 5.91 Å². The van der Waals surface area contributed by atoms with Gasteiger partial charge in [0.15, 0.2) is 0 Å². The van der Waals surface area contributed by atoms with E-state index in [2.05, 4.69) is 5.32 Å². The van der Waals surface area contributed by atoms with Gasteiger partial charge in [-0.15, -0.1) is 0 Å². The van der Waals surface area contributed by atoms with Gasteiger partial charge in [-0.3, -0.25) is 13.9 Å². The summed E-state index contributed by atoms with van der Waals surface area (Å²) < 4.78 is 63.2. The predicted octanol–water partition coefficient (Wildman–Crippen LogP) is 3.00. The smallest absolute Gasteiger partial charge is 0.481 e. The molecule has 30 heavy (non-hydrogen) atoms. The zero-order valence-electron chi connectivity index (χ0n) is 16.2. The molecule has 166 valence electrons. The van der Waals surface area contributed by atoms with Gasteiger partial charge in [-0.05, 0) is 30.9 Å². The lowest BCUT2D eigenvalue weighted by molar-refractivity contribution is -0.137. The minimum Gasteiger partial charge on any atom is -0.481 e. The predicted molar refractivity (Wildman–Crippen MR) is 104 cm³/mol. The quantitative estimate of drug-likeness (QED) is 0.566. The van der Waals surface area contributed by atoms with E-state index in [0.717, 1.165) is 0 Å². The molecule has 0 aliphatic carbocycles. The van der Waals surface area contributed by atoms with Crippen LogP contribution in [0.2, 0.25) is 0 Å². The molecule has 0 bridgehead atoms. The third kappa shape index (κ3) is 5.53. The Hall–Kier alpha value is -2.56. The molecule has 2 N–H and O–H groups in total. The summed E-state index contributed by atoms with van der Waals surface area (Å²) in [5.41, 5.74) is -4.95. The Morgan fingerprint density at radius 2 is 1.97 bits per heavy atom. The van der Waals surface area contributed by atoms with Crippen LogP contribution in [-0.2, 0) is 19.6 Å². The number of hydrogen-bond donors (Lipinski definition) is 2. The van der Waals surface area contributed by atoms with Gasteiger partial charge in [0.05, 0.1) is 12.1 Å². The number of amides is 1. The topological polar surface area (TPSA) is 104 Å². The van der Waals surface area contributed by atoms with Gasteiger partial charge in [0.25, 0.3) is 0 Å². The number of hydrogen-bond acceptors (Lipinski definition) is 4. The second-order valence-corrected chi connectivity index (χ2v) is 8.82. The molecule has 1 aliphatic rings. The summed E-state index contributed by atoms with van der Waals surface area (Å²) in [7, 11) is -5.51. The van der Waals surface area contributed by atoms with E-state index in [-0.39, 0.29) is 43.9 Å². The first-order valence-corrected chi connectivity index (χ1v) is 10.7. The van der Waals surface area contributed by atoms with Crippen LogP contribution in [0.5, 0.6) is 0 Å². The van der Waals surface area contributed by atoms with Crippen molar-refractivity contribution >= 4 is 27.6 Å². The molecular weight excluding hydrogens is 425 g/mol. The molecule has 11 heteroatoms. The van der Waals surface area contributed by atoms with E-state index in [1.165, 1.54) is 12.1 Å². The van der Waals surface area contributed by atoms with Crippen molar-refractivity contribution in [2.75, 3.05) is 17.4 Å². The van der Waals surface area contributed by atoms with Crippen LogP contribution in [0.3, 0.4) is 0 Å². The summed E-state index contributed by atoms with van der Waals surface area (Å²) in [6.07, 6.45) is 3.29. The molecule has 1 aromatic rings. The maximum atomic E-state index is 13.0. The number of sulfonamides is 1. The van der Waals surface area contributed by atoms with Gasteiger partial charge in [0.1, 0.15) is 0 Å². The molecule has 0 saturated carbocycles. The molecule has 0 fully saturated rings. The first kappa shape index (κ1) is 23.7. The van der Waals surface area contributed by atoms with Crippen molar-refractivity contribution in [1.29, 1.82) is 0 Å². The Balaban J connectivity index is 2.01. The SMILES string of the molecule is C/C=C\C(CC(=O)O)CC(=O)NCCC1CN(S(=O)(=O)C(F)(F)F)c2ccccc21. The number of alkyl halides is 3. The molecule has 7 nitrogen and oxygen atoms in total. The highest BCUT2D eigenvalue weighted by atomic mass is 32.2. The fourth-order valence-electron chi connectivity index (χ4n) is 3.46. The Bertz CT molecular complexity index is 915. The summed E-state index contributed by atoms with van der Waals surface area (Å²) in [4.78, 5) is 22.9. The molecule has 0 spiro atoms. The minimum atomic E-state index is -5.51. The average molecular weight is 448 g/mol. The van der Waals surface area contributed by atoms with E-state index in [9.17, 15) is 31.2 Å².